The molecule has 2 aromatic heterocycles. The van der Waals surface area contributed by atoms with Gasteiger partial charge in [0.1, 0.15) is 12.1 Å². The third-order valence-corrected chi connectivity index (χ3v) is 7.86. The molecule has 10 nitrogen and oxygen atoms in total. The largest absolute Gasteiger partial charge is 0.368 e. The lowest BCUT2D eigenvalue weighted by Crippen LogP contribution is -2.46. The van der Waals surface area contributed by atoms with Crippen molar-refractivity contribution in [3.63, 3.8) is 0 Å². The van der Waals surface area contributed by atoms with E-state index in [-0.39, 0.29) is 0 Å². The van der Waals surface area contributed by atoms with Gasteiger partial charge in [-0.05, 0) is 46.5 Å². The van der Waals surface area contributed by atoms with Crippen LogP contribution >= 0.6 is 31.9 Å². The first kappa shape index (κ1) is 26.1. The standard InChI is InChI=1S/C27H30Br2N10/c28-19-14-21-23(22(29)15-19)32-17-33-24(21)30-8-9-31-25-35-26(34-20-6-7-20)37-27(36-25)39-12-10-38(11-13-39)16-18-4-2-1-3-5-18/h1-5,14-15,17,20H,6-13,16H2,(H,30,32,33)(H2,31,34,35,36,37). The highest BCUT2D eigenvalue weighted by molar-refractivity contribution is 9.11. The van der Waals surface area contributed by atoms with Gasteiger partial charge in [-0.1, -0.05) is 46.3 Å². The van der Waals surface area contributed by atoms with Gasteiger partial charge in [-0.15, -0.1) is 0 Å². The van der Waals surface area contributed by atoms with E-state index in [1.807, 2.05) is 12.1 Å². The van der Waals surface area contributed by atoms with Crippen molar-refractivity contribution < 1.29 is 0 Å². The van der Waals surface area contributed by atoms with Gasteiger partial charge in [0.25, 0.3) is 0 Å². The van der Waals surface area contributed by atoms with Crippen LogP contribution in [0.1, 0.15) is 18.4 Å². The number of halogens is 2. The number of rotatable bonds is 10. The highest BCUT2D eigenvalue weighted by atomic mass is 79.9. The Hall–Kier alpha value is -3.09. The maximum Gasteiger partial charge on any atom is 0.232 e. The molecule has 2 aliphatic rings. The Labute approximate surface area is 244 Å². The van der Waals surface area contributed by atoms with Gasteiger partial charge in [0, 0.05) is 66.2 Å². The van der Waals surface area contributed by atoms with E-state index in [0.29, 0.717) is 31.0 Å². The van der Waals surface area contributed by atoms with Crippen LogP contribution in [0.15, 0.2) is 57.7 Å². The summed E-state index contributed by atoms with van der Waals surface area (Å²) in [6, 6.07) is 15.1. The number of fused-ring (bicyclic) bond motifs is 1. The Balaban J connectivity index is 1.09. The third kappa shape index (κ3) is 6.74. The second-order valence-electron chi connectivity index (χ2n) is 9.81. The fourth-order valence-electron chi connectivity index (χ4n) is 4.60. The summed E-state index contributed by atoms with van der Waals surface area (Å²) in [6.45, 7) is 5.93. The first-order chi connectivity index (χ1) is 19.1. The first-order valence-corrected chi connectivity index (χ1v) is 14.8. The summed E-state index contributed by atoms with van der Waals surface area (Å²) in [5, 5.41) is 11.2. The second kappa shape index (κ2) is 12.0. The molecule has 1 aliphatic carbocycles. The molecule has 12 heteroatoms. The number of hydrogen-bond acceptors (Lipinski definition) is 10. The normalized spacial score (nSPS) is 15.9. The molecule has 1 aliphatic heterocycles. The summed E-state index contributed by atoms with van der Waals surface area (Å²) in [6.07, 6.45) is 3.89. The first-order valence-electron chi connectivity index (χ1n) is 13.2. The molecule has 0 bridgehead atoms. The summed E-state index contributed by atoms with van der Waals surface area (Å²) in [5.41, 5.74) is 2.21. The zero-order valence-corrected chi connectivity index (χ0v) is 24.6. The van der Waals surface area contributed by atoms with E-state index >= 15 is 0 Å². The van der Waals surface area contributed by atoms with Crippen LogP contribution in [0.5, 0.6) is 0 Å². The minimum atomic E-state index is 0.460. The van der Waals surface area contributed by atoms with Gasteiger partial charge in [0.05, 0.1) is 5.52 Å². The van der Waals surface area contributed by atoms with Gasteiger partial charge < -0.3 is 20.9 Å². The zero-order valence-electron chi connectivity index (χ0n) is 21.4. The van der Waals surface area contributed by atoms with Crippen molar-refractivity contribution in [3.05, 3.63) is 63.3 Å². The van der Waals surface area contributed by atoms with Crippen LogP contribution in [-0.2, 0) is 6.54 Å². The molecule has 0 atom stereocenters. The van der Waals surface area contributed by atoms with E-state index in [2.05, 4.69) is 103 Å². The van der Waals surface area contributed by atoms with Crippen molar-refractivity contribution in [2.24, 2.45) is 0 Å². The van der Waals surface area contributed by atoms with Gasteiger partial charge >= 0.3 is 0 Å². The summed E-state index contributed by atoms with van der Waals surface area (Å²) in [4.78, 5) is 27.8. The fourth-order valence-corrected chi connectivity index (χ4v) is 5.92. The van der Waals surface area contributed by atoms with Gasteiger partial charge in [-0.25, -0.2) is 9.97 Å². The lowest BCUT2D eigenvalue weighted by molar-refractivity contribution is 0.248. The molecule has 0 amide bonds. The van der Waals surface area contributed by atoms with Crippen LogP contribution in [0.25, 0.3) is 10.9 Å². The molecule has 2 aromatic carbocycles. The molecule has 3 N–H and O–H groups in total. The molecule has 0 spiro atoms. The van der Waals surface area contributed by atoms with Crippen molar-refractivity contribution in [2.45, 2.75) is 25.4 Å². The Morgan fingerprint density at radius 2 is 1.62 bits per heavy atom. The predicted molar refractivity (Wildman–Crippen MR) is 162 cm³/mol. The van der Waals surface area contributed by atoms with Gasteiger partial charge in [-0.2, -0.15) is 15.0 Å². The molecule has 3 heterocycles. The predicted octanol–water partition coefficient (Wildman–Crippen LogP) is 4.76. The SMILES string of the molecule is Brc1cc(Br)c2ncnc(NCCNc3nc(NC4CC4)nc(N4CCN(Cc5ccccc5)CC4)n3)c2c1. The Bertz CT molecular complexity index is 1430. The van der Waals surface area contributed by atoms with Crippen LogP contribution in [-0.4, -0.2) is 75.1 Å². The van der Waals surface area contributed by atoms with Crippen LogP contribution in [0.3, 0.4) is 0 Å². The quantitative estimate of drug-likeness (QED) is 0.207. The van der Waals surface area contributed by atoms with E-state index in [4.69, 9.17) is 9.97 Å². The number of piperazine rings is 1. The average Bonchev–Trinajstić information content (AvgIpc) is 3.76. The second-order valence-corrected chi connectivity index (χ2v) is 11.6. The number of anilines is 4. The number of aromatic nitrogens is 5. The van der Waals surface area contributed by atoms with Crippen LogP contribution in [0, 0.1) is 0 Å². The minimum absolute atomic E-state index is 0.460. The van der Waals surface area contributed by atoms with Crippen LogP contribution < -0.4 is 20.9 Å². The summed E-state index contributed by atoms with van der Waals surface area (Å²) >= 11 is 7.14. The Kier molecular flexibility index (Phi) is 8.03. The van der Waals surface area contributed by atoms with Crippen molar-refractivity contribution in [1.29, 1.82) is 0 Å². The van der Waals surface area contributed by atoms with Crippen molar-refractivity contribution in [3.8, 4) is 0 Å². The smallest absolute Gasteiger partial charge is 0.232 e. The van der Waals surface area contributed by atoms with E-state index in [9.17, 15) is 0 Å². The fraction of sp³-hybridized carbons (Fsp3) is 0.370. The number of nitrogens with zero attached hydrogens (tertiary/aromatic N) is 7. The molecule has 4 aromatic rings. The molecule has 39 heavy (non-hydrogen) atoms. The number of hydrogen-bond donors (Lipinski definition) is 3. The number of nitrogens with one attached hydrogen (secondary N) is 3. The Morgan fingerprint density at radius 1 is 0.846 bits per heavy atom. The van der Waals surface area contributed by atoms with Crippen molar-refractivity contribution >= 4 is 66.4 Å². The molecule has 2 fully saturated rings. The third-order valence-electron chi connectivity index (χ3n) is 6.80. The molecule has 1 saturated heterocycles. The van der Waals surface area contributed by atoms with Gasteiger partial charge in [0.2, 0.25) is 17.8 Å². The monoisotopic (exact) mass is 652 g/mol. The lowest BCUT2D eigenvalue weighted by atomic mass is 10.2. The van der Waals surface area contributed by atoms with Crippen LogP contribution in [0.4, 0.5) is 23.7 Å². The maximum absolute atomic E-state index is 4.78. The molecular formula is C27H30Br2N10. The highest BCUT2D eigenvalue weighted by Crippen LogP contribution is 2.30. The van der Waals surface area contributed by atoms with Crippen LogP contribution in [0.2, 0.25) is 0 Å². The van der Waals surface area contributed by atoms with E-state index in [0.717, 1.165) is 77.2 Å². The van der Waals surface area contributed by atoms with Gasteiger partial charge in [0.15, 0.2) is 0 Å². The maximum atomic E-state index is 4.78. The molecule has 6 rings (SSSR count). The van der Waals surface area contributed by atoms with E-state index < -0.39 is 0 Å². The molecular weight excluding hydrogens is 624 g/mol. The number of benzene rings is 2. The molecule has 0 unspecified atom stereocenters. The lowest BCUT2D eigenvalue weighted by Gasteiger charge is -2.34. The van der Waals surface area contributed by atoms with Gasteiger partial charge in [-0.3, -0.25) is 4.90 Å². The van der Waals surface area contributed by atoms with E-state index in [1.165, 1.54) is 5.56 Å². The highest BCUT2D eigenvalue weighted by Gasteiger charge is 2.24. The molecule has 0 radical (unpaired) electrons. The molecule has 202 valence electrons. The van der Waals surface area contributed by atoms with E-state index in [1.54, 1.807) is 6.33 Å². The molecule has 1 saturated carbocycles. The van der Waals surface area contributed by atoms with Crippen molar-refractivity contribution in [2.75, 3.05) is 60.1 Å². The summed E-state index contributed by atoms with van der Waals surface area (Å²) < 4.78 is 1.89. The summed E-state index contributed by atoms with van der Waals surface area (Å²) in [7, 11) is 0. The summed E-state index contributed by atoms with van der Waals surface area (Å²) in [5.74, 6) is 2.72. The topological polar surface area (TPSA) is 107 Å². The minimum Gasteiger partial charge on any atom is -0.368 e. The van der Waals surface area contributed by atoms with Crippen molar-refractivity contribution in [1.82, 2.24) is 29.8 Å². The average molecular weight is 654 g/mol. The Morgan fingerprint density at radius 3 is 2.41 bits per heavy atom. The zero-order chi connectivity index (χ0) is 26.6.